The topological polar surface area (TPSA) is 132 Å². The molecule has 11 heteroatoms. The smallest absolute Gasteiger partial charge is 0.343 e. The number of aromatic nitrogens is 2. The third kappa shape index (κ3) is 7.31. The lowest BCUT2D eigenvalue weighted by Gasteiger charge is -2.07. The van der Waals surface area contributed by atoms with E-state index in [-0.39, 0.29) is 5.13 Å². The number of carbonyl (C=O) groups is 3. The average molecular weight is 530 g/mol. The number of hydrazone groups is 1. The normalized spacial score (nSPS) is 10.7. The first-order chi connectivity index (χ1) is 18.5. The first-order valence-corrected chi connectivity index (χ1v) is 12.4. The molecule has 0 bridgehead atoms. The Kier molecular flexibility index (Phi) is 8.87. The summed E-state index contributed by atoms with van der Waals surface area (Å²) in [4.78, 5) is 36.5. The monoisotopic (exact) mass is 529 g/mol. The van der Waals surface area contributed by atoms with Crippen molar-refractivity contribution >= 4 is 40.5 Å². The van der Waals surface area contributed by atoms with Crippen LogP contribution in [0, 0.1) is 0 Å². The van der Waals surface area contributed by atoms with Crippen LogP contribution in [0.4, 0.5) is 5.13 Å². The van der Waals surface area contributed by atoms with E-state index in [9.17, 15) is 14.4 Å². The number of esters is 1. The van der Waals surface area contributed by atoms with E-state index >= 15 is 0 Å². The number of anilines is 1. The van der Waals surface area contributed by atoms with Crippen molar-refractivity contribution in [2.24, 2.45) is 5.10 Å². The van der Waals surface area contributed by atoms with Crippen LogP contribution in [0.25, 0.3) is 10.6 Å². The molecule has 0 saturated heterocycles. The van der Waals surface area contributed by atoms with Gasteiger partial charge in [0, 0.05) is 5.56 Å². The summed E-state index contributed by atoms with van der Waals surface area (Å²) in [5.74, 6) is -1.36. The molecule has 4 aromatic rings. The highest BCUT2D eigenvalue weighted by Crippen LogP contribution is 2.25. The minimum Gasteiger partial charge on any atom is -0.494 e. The molecule has 0 aliphatic heterocycles. The predicted molar refractivity (Wildman–Crippen MR) is 143 cm³/mol. The van der Waals surface area contributed by atoms with Crippen LogP contribution in [0.5, 0.6) is 11.5 Å². The lowest BCUT2D eigenvalue weighted by molar-refractivity contribution is -0.136. The maximum absolute atomic E-state index is 12.4. The number of hydrogen-bond acceptors (Lipinski definition) is 9. The van der Waals surface area contributed by atoms with Crippen LogP contribution in [0.1, 0.15) is 29.3 Å². The van der Waals surface area contributed by atoms with E-state index in [1.165, 1.54) is 6.21 Å². The number of nitrogens with zero attached hydrogens (tertiary/aromatic N) is 3. The van der Waals surface area contributed by atoms with Gasteiger partial charge in [-0.2, -0.15) is 5.10 Å². The molecule has 0 aliphatic carbocycles. The van der Waals surface area contributed by atoms with E-state index in [1.807, 2.05) is 37.3 Å². The number of rotatable bonds is 9. The summed E-state index contributed by atoms with van der Waals surface area (Å²) in [6.45, 7) is 2.62. The maximum atomic E-state index is 12.4. The van der Waals surface area contributed by atoms with Gasteiger partial charge in [0.2, 0.25) is 5.13 Å². The Bertz CT molecular complexity index is 1420. The highest BCUT2D eigenvalue weighted by molar-refractivity contribution is 7.18. The molecular weight excluding hydrogens is 506 g/mol. The zero-order valence-electron chi connectivity index (χ0n) is 20.3. The second-order valence-corrected chi connectivity index (χ2v) is 8.74. The van der Waals surface area contributed by atoms with Crippen LogP contribution in [0.15, 0.2) is 84.0 Å². The zero-order chi connectivity index (χ0) is 26.7. The lowest BCUT2D eigenvalue weighted by atomic mass is 10.2. The standard InChI is InChI=1S/C27H23N5O5S/c1-2-16-36-21-14-10-20(11-15-21)26(35)37-22-12-8-18(9-13-22)17-28-30-24(34)23(33)29-27-32-31-25(38-27)19-6-4-3-5-7-19/h3-15,17H,2,16H2,1H3,(H,30,34)(H,29,32,33)/b28-17+. The largest absolute Gasteiger partial charge is 0.494 e. The van der Waals surface area contributed by atoms with Crippen LogP contribution in [-0.2, 0) is 9.59 Å². The van der Waals surface area contributed by atoms with E-state index in [0.29, 0.717) is 34.2 Å². The molecule has 38 heavy (non-hydrogen) atoms. The minimum atomic E-state index is -0.964. The van der Waals surface area contributed by atoms with Crippen molar-refractivity contribution in [1.29, 1.82) is 0 Å². The van der Waals surface area contributed by atoms with Crippen LogP contribution in [0.2, 0.25) is 0 Å². The van der Waals surface area contributed by atoms with Crippen LogP contribution in [0.3, 0.4) is 0 Å². The predicted octanol–water partition coefficient (Wildman–Crippen LogP) is 4.30. The SMILES string of the molecule is CCCOc1ccc(C(=O)Oc2ccc(/C=N/NC(=O)C(=O)Nc3nnc(-c4ccccc4)s3)cc2)cc1. The van der Waals surface area contributed by atoms with Crippen molar-refractivity contribution in [2.75, 3.05) is 11.9 Å². The molecule has 192 valence electrons. The fourth-order valence-electron chi connectivity index (χ4n) is 3.04. The Hall–Kier alpha value is -4.90. The summed E-state index contributed by atoms with van der Waals surface area (Å²) in [5.41, 5.74) is 4.01. The van der Waals surface area contributed by atoms with Gasteiger partial charge in [-0.05, 0) is 60.5 Å². The Morgan fingerprint density at radius 2 is 1.61 bits per heavy atom. The number of hydrogen-bond donors (Lipinski definition) is 2. The van der Waals surface area contributed by atoms with Crippen LogP contribution in [-0.4, -0.2) is 40.8 Å². The third-order valence-corrected chi connectivity index (χ3v) is 5.79. The fourth-order valence-corrected chi connectivity index (χ4v) is 3.78. The number of benzene rings is 3. The first-order valence-electron chi connectivity index (χ1n) is 11.6. The second-order valence-electron chi connectivity index (χ2n) is 7.76. The van der Waals surface area contributed by atoms with E-state index < -0.39 is 17.8 Å². The Balaban J connectivity index is 1.24. The molecule has 4 rings (SSSR count). The summed E-state index contributed by atoms with van der Waals surface area (Å²) in [6.07, 6.45) is 2.25. The highest BCUT2D eigenvalue weighted by atomic mass is 32.1. The molecule has 10 nitrogen and oxygen atoms in total. The summed E-state index contributed by atoms with van der Waals surface area (Å²) in [6, 6.07) is 22.5. The first kappa shape index (κ1) is 26.2. The van der Waals surface area contributed by atoms with Crippen LogP contribution >= 0.6 is 11.3 Å². The molecule has 1 heterocycles. The minimum absolute atomic E-state index is 0.193. The van der Waals surface area contributed by atoms with Crippen molar-refractivity contribution in [1.82, 2.24) is 15.6 Å². The summed E-state index contributed by atoms with van der Waals surface area (Å²) >= 11 is 1.15. The second kappa shape index (κ2) is 12.9. The average Bonchev–Trinajstić information content (AvgIpc) is 3.42. The van der Waals surface area contributed by atoms with Gasteiger partial charge >= 0.3 is 17.8 Å². The fraction of sp³-hybridized carbons (Fsp3) is 0.111. The molecule has 0 atom stereocenters. The van der Waals surface area contributed by atoms with E-state index in [2.05, 4.69) is 26.0 Å². The van der Waals surface area contributed by atoms with Crippen molar-refractivity contribution in [3.63, 3.8) is 0 Å². The molecule has 3 aromatic carbocycles. The lowest BCUT2D eigenvalue weighted by Crippen LogP contribution is -2.32. The van der Waals surface area contributed by atoms with Gasteiger partial charge in [0.15, 0.2) is 0 Å². The van der Waals surface area contributed by atoms with E-state index in [4.69, 9.17) is 9.47 Å². The van der Waals surface area contributed by atoms with Crippen molar-refractivity contribution < 1.29 is 23.9 Å². The van der Waals surface area contributed by atoms with E-state index in [0.717, 1.165) is 23.3 Å². The van der Waals surface area contributed by atoms with Gasteiger partial charge < -0.3 is 9.47 Å². The van der Waals surface area contributed by atoms with Gasteiger partial charge in [0.1, 0.15) is 16.5 Å². The van der Waals surface area contributed by atoms with Crippen LogP contribution < -0.4 is 20.2 Å². The molecular formula is C27H23N5O5S. The molecule has 0 unspecified atom stereocenters. The quantitative estimate of drug-likeness (QED) is 0.109. The van der Waals surface area contributed by atoms with Gasteiger partial charge in [-0.25, -0.2) is 10.2 Å². The zero-order valence-corrected chi connectivity index (χ0v) is 21.1. The number of amides is 2. The van der Waals surface area contributed by atoms with Gasteiger partial charge in [0.25, 0.3) is 0 Å². The maximum Gasteiger partial charge on any atom is 0.343 e. The molecule has 0 fully saturated rings. The van der Waals surface area contributed by atoms with Gasteiger partial charge in [-0.15, -0.1) is 10.2 Å². The highest BCUT2D eigenvalue weighted by Gasteiger charge is 2.16. The third-order valence-electron chi connectivity index (χ3n) is 4.91. The molecule has 2 amide bonds. The molecule has 2 N–H and O–H groups in total. The summed E-state index contributed by atoms with van der Waals surface area (Å²) < 4.78 is 10.9. The Labute approximate surface area is 222 Å². The van der Waals surface area contributed by atoms with Gasteiger partial charge in [-0.1, -0.05) is 48.6 Å². The number of carbonyl (C=O) groups excluding carboxylic acids is 3. The Morgan fingerprint density at radius 1 is 0.895 bits per heavy atom. The summed E-state index contributed by atoms with van der Waals surface area (Å²) in [7, 11) is 0. The van der Waals surface area contributed by atoms with Crippen molar-refractivity contribution in [2.45, 2.75) is 13.3 Å². The van der Waals surface area contributed by atoms with Crippen molar-refractivity contribution in [3.05, 3.63) is 90.0 Å². The van der Waals surface area contributed by atoms with Gasteiger partial charge in [0.05, 0.1) is 18.4 Å². The molecule has 1 aromatic heterocycles. The summed E-state index contributed by atoms with van der Waals surface area (Å²) in [5, 5.41) is 14.9. The molecule has 0 radical (unpaired) electrons. The van der Waals surface area contributed by atoms with Gasteiger partial charge in [-0.3, -0.25) is 14.9 Å². The van der Waals surface area contributed by atoms with E-state index in [1.54, 1.807) is 48.5 Å². The van der Waals surface area contributed by atoms with Crippen molar-refractivity contribution in [3.8, 4) is 22.1 Å². The molecule has 0 saturated carbocycles. The number of nitrogens with one attached hydrogen (secondary N) is 2. The molecule has 0 aliphatic rings. The number of ether oxygens (including phenoxy) is 2. The Morgan fingerprint density at radius 3 is 2.32 bits per heavy atom. The molecule has 0 spiro atoms.